The van der Waals surface area contributed by atoms with Gasteiger partial charge in [0, 0.05) is 56.8 Å². The van der Waals surface area contributed by atoms with Crippen molar-refractivity contribution in [1.29, 1.82) is 0 Å². The average Bonchev–Trinajstić information content (AvgIpc) is 2.62. The predicted octanol–water partition coefficient (Wildman–Crippen LogP) is 4.51. The van der Waals surface area contributed by atoms with Crippen LogP contribution in [0.2, 0.25) is 12.1 Å². The molecular formula is C17H40O6S2Si2. The summed E-state index contributed by atoms with van der Waals surface area (Å²) in [7, 11) is -5.02. The van der Waals surface area contributed by atoms with Gasteiger partial charge in [0.25, 0.3) is 0 Å². The molecule has 0 aromatic heterocycles. The van der Waals surface area contributed by atoms with Crippen LogP contribution in [0.15, 0.2) is 0 Å². The van der Waals surface area contributed by atoms with E-state index in [2.05, 4.69) is 0 Å². The van der Waals surface area contributed by atoms with Gasteiger partial charge in [-0.15, -0.1) is 0 Å². The van der Waals surface area contributed by atoms with Crippen molar-refractivity contribution in [3.8, 4) is 0 Å². The predicted molar refractivity (Wildman–Crippen MR) is 121 cm³/mol. The minimum absolute atomic E-state index is 0.630. The summed E-state index contributed by atoms with van der Waals surface area (Å²) in [5.74, 6) is 1.95. The molecule has 0 fully saturated rings. The van der Waals surface area contributed by atoms with Gasteiger partial charge in [-0.2, -0.15) is 23.5 Å². The number of rotatable bonds is 20. The van der Waals surface area contributed by atoms with Crippen LogP contribution in [0.5, 0.6) is 0 Å². The van der Waals surface area contributed by atoms with E-state index in [0.717, 1.165) is 28.7 Å². The zero-order chi connectivity index (χ0) is 20.4. The lowest BCUT2D eigenvalue weighted by Crippen LogP contribution is -2.46. The molecule has 0 aromatic rings. The quantitative estimate of drug-likeness (QED) is 0.149. The maximum Gasteiger partial charge on any atom is 0.501 e. The second-order valence-electron chi connectivity index (χ2n) is 5.40. The molecule has 0 aliphatic carbocycles. The molecule has 10 heteroatoms. The Bertz CT molecular complexity index is 279. The van der Waals surface area contributed by atoms with Gasteiger partial charge in [0.1, 0.15) is 0 Å². The molecule has 0 saturated carbocycles. The van der Waals surface area contributed by atoms with Crippen molar-refractivity contribution in [2.45, 2.75) is 53.6 Å². The first kappa shape index (κ1) is 27.9. The first-order valence-electron chi connectivity index (χ1n) is 10.1. The van der Waals surface area contributed by atoms with Crippen LogP contribution in [0, 0.1) is 0 Å². The molecule has 0 radical (unpaired) electrons. The summed E-state index contributed by atoms with van der Waals surface area (Å²) in [4.78, 5) is 0. The molecule has 0 saturated heterocycles. The lowest BCUT2D eigenvalue weighted by Gasteiger charge is -2.28. The second kappa shape index (κ2) is 17.7. The third kappa shape index (κ3) is 12.2. The first-order valence-corrected chi connectivity index (χ1v) is 16.2. The van der Waals surface area contributed by atoms with E-state index in [4.69, 9.17) is 26.6 Å². The minimum Gasteiger partial charge on any atom is -0.374 e. The average molecular weight is 461 g/mol. The van der Waals surface area contributed by atoms with Crippen LogP contribution in [0.4, 0.5) is 0 Å². The zero-order valence-electron chi connectivity index (χ0n) is 18.0. The molecule has 0 heterocycles. The van der Waals surface area contributed by atoms with Gasteiger partial charge in [-0.3, -0.25) is 0 Å². The van der Waals surface area contributed by atoms with Gasteiger partial charge in [-0.05, 0) is 53.0 Å². The first-order chi connectivity index (χ1) is 13.1. The highest BCUT2D eigenvalue weighted by atomic mass is 32.2. The number of thioether (sulfide) groups is 2. The largest absolute Gasteiger partial charge is 0.501 e. The van der Waals surface area contributed by atoms with Crippen molar-refractivity contribution in [2.75, 3.05) is 56.2 Å². The normalized spacial score (nSPS) is 12.7. The zero-order valence-corrected chi connectivity index (χ0v) is 21.7. The molecule has 0 amide bonds. The fourth-order valence-corrected chi connectivity index (χ4v) is 11.1. The summed E-state index contributed by atoms with van der Waals surface area (Å²) in [6, 6.07) is 1.70. The highest BCUT2D eigenvalue weighted by Crippen LogP contribution is 2.24. The molecule has 0 rings (SSSR count). The van der Waals surface area contributed by atoms with Crippen molar-refractivity contribution in [3.05, 3.63) is 0 Å². The molecule has 164 valence electrons. The van der Waals surface area contributed by atoms with Crippen LogP contribution in [-0.4, -0.2) is 73.8 Å². The Kier molecular flexibility index (Phi) is 18.3. The molecule has 0 aliphatic rings. The Labute approximate surface area is 177 Å². The van der Waals surface area contributed by atoms with Crippen molar-refractivity contribution in [2.24, 2.45) is 0 Å². The van der Waals surface area contributed by atoms with Gasteiger partial charge < -0.3 is 26.6 Å². The van der Waals surface area contributed by atoms with Crippen LogP contribution in [0.25, 0.3) is 0 Å². The molecule has 0 aliphatic heterocycles. The monoisotopic (exact) mass is 460 g/mol. The van der Waals surface area contributed by atoms with E-state index >= 15 is 0 Å². The third-order valence-corrected chi connectivity index (χ3v) is 12.6. The smallest absolute Gasteiger partial charge is 0.374 e. The molecule has 0 bridgehead atoms. The van der Waals surface area contributed by atoms with E-state index in [0.29, 0.717) is 39.6 Å². The van der Waals surface area contributed by atoms with Gasteiger partial charge in [0.2, 0.25) is 0 Å². The summed E-state index contributed by atoms with van der Waals surface area (Å²) >= 11 is 3.80. The van der Waals surface area contributed by atoms with Crippen LogP contribution in [0.1, 0.15) is 41.5 Å². The summed E-state index contributed by atoms with van der Waals surface area (Å²) in [6.07, 6.45) is 0. The molecule has 0 unspecified atom stereocenters. The summed E-state index contributed by atoms with van der Waals surface area (Å²) < 4.78 is 35.4. The Morgan fingerprint density at radius 2 is 0.741 bits per heavy atom. The lowest BCUT2D eigenvalue weighted by atomic mass is 10.9. The van der Waals surface area contributed by atoms with Crippen LogP contribution in [0.3, 0.4) is 0 Å². The maximum absolute atomic E-state index is 5.89. The van der Waals surface area contributed by atoms with Crippen LogP contribution >= 0.6 is 23.5 Å². The van der Waals surface area contributed by atoms with E-state index < -0.39 is 17.6 Å². The van der Waals surface area contributed by atoms with Gasteiger partial charge in [-0.1, -0.05) is 0 Å². The third-order valence-electron chi connectivity index (χ3n) is 3.46. The Hall–Kier alpha value is 0.894. The van der Waals surface area contributed by atoms with E-state index in [9.17, 15) is 0 Å². The van der Waals surface area contributed by atoms with Crippen LogP contribution < -0.4 is 0 Å². The minimum atomic E-state index is -2.51. The highest BCUT2D eigenvalue weighted by Gasteiger charge is 2.40. The van der Waals surface area contributed by atoms with Gasteiger partial charge >= 0.3 is 17.6 Å². The Balaban J connectivity index is 4.24. The van der Waals surface area contributed by atoms with Gasteiger partial charge in [0.05, 0.1) is 0 Å². The molecule has 0 N–H and O–H groups in total. The van der Waals surface area contributed by atoms with Gasteiger partial charge in [0.15, 0.2) is 0 Å². The SMILES string of the molecule is CCO[Si](CCSCSCC[Si](OCC)(OCC)OCC)(OCC)OCC. The van der Waals surface area contributed by atoms with E-state index in [1.54, 1.807) is 0 Å². The fourth-order valence-electron chi connectivity index (χ4n) is 2.57. The van der Waals surface area contributed by atoms with E-state index in [-0.39, 0.29) is 0 Å². The summed E-state index contributed by atoms with van der Waals surface area (Å²) in [5, 5.41) is 1.02. The van der Waals surface area contributed by atoms with Crippen molar-refractivity contribution >= 4 is 41.1 Å². The number of hydrogen-bond donors (Lipinski definition) is 0. The Morgan fingerprint density at radius 3 is 0.963 bits per heavy atom. The molecule has 0 spiro atoms. The standard InChI is InChI=1S/C17H40O6S2Si2/c1-7-18-26(19-8-2,20-9-3)15-13-24-17-25-14-16-27(21-10-4,22-11-5)23-12-6/h7-17H2,1-6H3. The van der Waals surface area contributed by atoms with Crippen molar-refractivity contribution in [3.63, 3.8) is 0 Å². The molecule has 27 heavy (non-hydrogen) atoms. The van der Waals surface area contributed by atoms with E-state index in [1.807, 2.05) is 65.1 Å². The number of hydrogen-bond acceptors (Lipinski definition) is 8. The fraction of sp³-hybridized carbons (Fsp3) is 1.00. The lowest BCUT2D eigenvalue weighted by molar-refractivity contribution is 0.0721. The molecule has 0 aromatic carbocycles. The molecular weight excluding hydrogens is 420 g/mol. The van der Waals surface area contributed by atoms with Gasteiger partial charge in [-0.25, -0.2) is 0 Å². The van der Waals surface area contributed by atoms with Crippen molar-refractivity contribution < 1.29 is 26.6 Å². The van der Waals surface area contributed by atoms with Crippen molar-refractivity contribution in [1.82, 2.24) is 0 Å². The molecule has 0 atom stereocenters. The second-order valence-corrected chi connectivity index (χ2v) is 13.4. The summed E-state index contributed by atoms with van der Waals surface area (Å²) in [5.41, 5.74) is 0. The van der Waals surface area contributed by atoms with Crippen LogP contribution in [-0.2, 0) is 26.6 Å². The van der Waals surface area contributed by atoms with E-state index in [1.165, 1.54) is 0 Å². The highest BCUT2D eigenvalue weighted by molar-refractivity contribution is 8.16. The Morgan fingerprint density at radius 1 is 0.481 bits per heavy atom. The summed E-state index contributed by atoms with van der Waals surface area (Å²) in [6.45, 7) is 15.7. The molecule has 6 nitrogen and oxygen atoms in total. The topological polar surface area (TPSA) is 55.4 Å². The maximum atomic E-state index is 5.89.